The van der Waals surface area contributed by atoms with Crippen LogP contribution >= 0.6 is 0 Å². The molecule has 0 aliphatic carbocycles. The molecule has 108 valence electrons. The zero-order chi connectivity index (χ0) is 15.4. The summed E-state index contributed by atoms with van der Waals surface area (Å²) in [6, 6.07) is 16.5. The molecule has 0 fully saturated rings. The van der Waals surface area contributed by atoms with Gasteiger partial charge in [-0.25, -0.2) is 0 Å². The Hall–Kier alpha value is -2.47. The van der Waals surface area contributed by atoms with Crippen LogP contribution in [0.15, 0.2) is 42.5 Å². The zero-order valence-corrected chi connectivity index (χ0v) is 12.8. The summed E-state index contributed by atoms with van der Waals surface area (Å²) in [6.45, 7) is 7.00. The Balaban J connectivity index is 2.38. The molecule has 0 aliphatic rings. The van der Waals surface area contributed by atoms with E-state index in [1.807, 2.05) is 43.3 Å². The van der Waals surface area contributed by atoms with Gasteiger partial charge < -0.3 is 10.6 Å². The summed E-state index contributed by atoms with van der Waals surface area (Å²) < 4.78 is 0. The molecule has 2 aromatic rings. The lowest BCUT2D eigenvalue weighted by Crippen LogP contribution is -2.30. The first-order valence-electron chi connectivity index (χ1n) is 7.13. The molecule has 0 aliphatic heterocycles. The second-order valence-electron chi connectivity index (χ2n) is 5.60. The Kier molecular flexibility index (Phi) is 4.49. The van der Waals surface area contributed by atoms with Gasteiger partial charge in [-0.15, -0.1) is 0 Å². The number of benzene rings is 2. The SMILES string of the molecule is Cc1ccc(N(Cc2cccc(N)c2)C(C)C)c(C#N)c1. The molecule has 3 nitrogen and oxygen atoms in total. The van der Waals surface area contributed by atoms with Crippen LogP contribution in [0.4, 0.5) is 11.4 Å². The molecular formula is C18H21N3. The summed E-state index contributed by atoms with van der Waals surface area (Å²) in [6.07, 6.45) is 0. The Labute approximate surface area is 126 Å². The van der Waals surface area contributed by atoms with Gasteiger partial charge in [0.15, 0.2) is 0 Å². The molecule has 0 amide bonds. The van der Waals surface area contributed by atoms with E-state index in [9.17, 15) is 5.26 Å². The van der Waals surface area contributed by atoms with Crippen molar-refractivity contribution in [3.05, 3.63) is 59.2 Å². The molecular weight excluding hydrogens is 258 g/mol. The van der Waals surface area contributed by atoms with E-state index in [4.69, 9.17) is 5.73 Å². The van der Waals surface area contributed by atoms with E-state index in [2.05, 4.69) is 30.9 Å². The van der Waals surface area contributed by atoms with Crippen LogP contribution in [0, 0.1) is 18.3 Å². The number of nitrogens with two attached hydrogens (primary N) is 1. The van der Waals surface area contributed by atoms with Crippen LogP contribution in [0.1, 0.15) is 30.5 Å². The van der Waals surface area contributed by atoms with E-state index in [0.29, 0.717) is 11.6 Å². The largest absolute Gasteiger partial charge is 0.399 e. The lowest BCUT2D eigenvalue weighted by molar-refractivity contribution is 0.682. The van der Waals surface area contributed by atoms with Crippen LogP contribution in [0.3, 0.4) is 0 Å². The molecule has 3 heteroatoms. The minimum atomic E-state index is 0.293. The molecule has 0 saturated heterocycles. The number of rotatable bonds is 4. The summed E-state index contributed by atoms with van der Waals surface area (Å²) in [5.74, 6) is 0. The number of nitrogens with zero attached hydrogens (tertiary/aromatic N) is 2. The fraction of sp³-hybridized carbons (Fsp3) is 0.278. The molecule has 0 spiro atoms. The predicted molar refractivity (Wildman–Crippen MR) is 88.1 cm³/mol. The molecule has 0 unspecified atom stereocenters. The normalized spacial score (nSPS) is 10.4. The molecule has 0 saturated carbocycles. The van der Waals surface area contributed by atoms with E-state index in [-0.39, 0.29) is 0 Å². The van der Waals surface area contributed by atoms with Gasteiger partial charge in [-0.3, -0.25) is 0 Å². The van der Waals surface area contributed by atoms with Crippen LogP contribution in [0.5, 0.6) is 0 Å². The van der Waals surface area contributed by atoms with Crippen molar-refractivity contribution in [2.75, 3.05) is 10.6 Å². The highest BCUT2D eigenvalue weighted by atomic mass is 15.2. The van der Waals surface area contributed by atoms with Crippen LogP contribution in [-0.2, 0) is 6.54 Å². The van der Waals surface area contributed by atoms with Crippen molar-refractivity contribution in [1.82, 2.24) is 0 Å². The van der Waals surface area contributed by atoms with Gasteiger partial charge in [-0.05, 0) is 56.2 Å². The molecule has 0 aromatic heterocycles. The monoisotopic (exact) mass is 279 g/mol. The Morgan fingerprint density at radius 2 is 1.95 bits per heavy atom. The maximum atomic E-state index is 9.39. The topological polar surface area (TPSA) is 53.0 Å². The van der Waals surface area contributed by atoms with E-state index >= 15 is 0 Å². The summed E-state index contributed by atoms with van der Waals surface area (Å²) in [7, 11) is 0. The first-order valence-corrected chi connectivity index (χ1v) is 7.13. The van der Waals surface area contributed by atoms with Crippen LogP contribution in [0.2, 0.25) is 0 Å². The molecule has 2 rings (SSSR count). The highest BCUT2D eigenvalue weighted by Gasteiger charge is 2.15. The molecule has 0 radical (unpaired) electrons. The third-order valence-electron chi connectivity index (χ3n) is 3.51. The second-order valence-corrected chi connectivity index (χ2v) is 5.60. The van der Waals surface area contributed by atoms with Gasteiger partial charge in [0.25, 0.3) is 0 Å². The highest BCUT2D eigenvalue weighted by Crippen LogP contribution is 2.25. The van der Waals surface area contributed by atoms with Crippen LogP contribution in [-0.4, -0.2) is 6.04 Å². The number of hydrogen-bond acceptors (Lipinski definition) is 3. The average molecular weight is 279 g/mol. The maximum Gasteiger partial charge on any atom is 0.101 e. The maximum absolute atomic E-state index is 9.39. The summed E-state index contributed by atoms with van der Waals surface area (Å²) in [5, 5.41) is 9.39. The van der Waals surface area contributed by atoms with E-state index < -0.39 is 0 Å². The van der Waals surface area contributed by atoms with Gasteiger partial charge in [0, 0.05) is 18.3 Å². The van der Waals surface area contributed by atoms with Crippen LogP contribution < -0.4 is 10.6 Å². The molecule has 2 aromatic carbocycles. The van der Waals surface area contributed by atoms with Gasteiger partial charge in [0.2, 0.25) is 0 Å². The van der Waals surface area contributed by atoms with Crippen LogP contribution in [0.25, 0.3) is 0 Å². The predicted octanol–water partition coefficient (Wildman–Crippen LogP) is 3.86. The fourth-order valence-electron chi connectivity index (χ4n) is 2.42. The van der Waals surface area contributed by atoms with Crippen molar-refractivity contribution in [1.29, 1.82) is 5.26 Å². The number of anilines is 2. The number of nitriles is 1. The fourth-order valence-corrected chi connectivity index (χ4v) is 2.42. The smallest absolute Gasteiger partial charge is 0.101 e. The van der Waals surface area contributed by atoms with Gasteiger partial charge >= 0.3 is 0 Å². The number of nitrogen functional groups attached to an aromatic ring is 1. The third-order valence-corrected chi connectivity index (χ3v) is 3.51. The van der Waals surface area contributed by atoms with Gasteiger partial charge in [0.1, 0.15) is 6.07 Å². The Bertz CT molecular complexity index is 668. The lowest BCUT2D eigenvalue weighted by Gasteiger charge is -2.30. The van der Waals surface area contributed by atoms with Crippen molar-refractivity contribution in [3.63, 3.8) is 0 Å². The van der Waals surface area contributed by atoms with Crippen molar-refractivity contribution in [2.24, 2.45) is 0 Å². The minimum absolute atomic E-state index is 0.293. The van der Waals surface area contributed by atoms with Crippen molar-refractivity contribution in [2.45, 2.75) is 33.4 Å². The molecule has 0 atom stereocenters. The third kappa shape index (κ3) is 3.55. The standard InChI is InChI=1S/C18H21N3/c1-13(2)21(12-15-5-4-6-17(20)10-15)18-8-7-14(3)9-16(18)11-19/h4-10,13H,12,20H2,1-3H3. The zero-order valence-electron chi connectivity index (χ0n) is 12.8. The average Bonchev–Trinajstić information content (AvgIpc) is 2.45. The van der Waals surface area contributed by atoms with Gasteiger partial charge in [-0.1, -0.05) is 18.2 Å². The summed E-state index contributed by atoms with van der Waals surface area (Å²) in [5.41, 5.74) is 10.6. The Morgan fingerprint density at radius 1 is 1.19 bits per heavy atom. The Morgan fingerprint density at radius 3 is 2.57 bits per heavy atom. The molecule has 2 N–H and O–H groups in total. The number of hydrogen-bond donors (Lipinski definition) is 1. The molecule has 21 heavy (non-hydrogen) atoms. The van der Waals surface area contributed by atoms with Gasteiger partial charge in [0.05, 0.1) is 11.3 Å². The summed E-state index contributed by atoms with van der Waals surface area (Å²) in [4.78, 5) is 2.23. The van der Waals surface area contributed by atoms with E-state index in [0.717, 1.165) is 29.0 Å². The first kappa shape index (κ1) is 14.9. The summed E-state index contributed by atoms with van der Waals surface area (Å²) >= 11 is 0. The van der Waals surface area contributed by atoms with E-state index in [1.54, 1.807) is 0 Å². The second kappa shape index (κ2) is 6.32. The quantitative estimate of drug-likeness (QED) is 0.864. The van der Waals surface area contributed by atoms with Gasteiger partial charge in [-0.2, -0.15) is 5.26 Å². The lowest BCUT2D eigenvalue weighted by atomic mass is 10.1. The molecule has 0 heterocycles. The number of aryl methyl sites for hydroxylation is 1. The van der Waals surface area contributed by atoms with Crippen molar-refractivity contribution >= 4 is 11.4 Å². The van der Waals surface area contributed by atoms with Crippen molar-refractivity contribution in [3.8, 4) is 6.07 Å². The minimum Gasteiger partial charge on any atom is -0.399 e. The first-order chi connectivity index (χ1) is 10.0. The molecule has 0 bridgehead atoms. The van der Waals surface area contributed by atoms with Crippen molar-refractivity contribution < 1.29 is 0 Å². The highest BCUT2D eigenvalue weighted by molar-refractivity contribution is 5.61. The van der Waals surface area contributed by atoms with E-state index in [1.165, 1.54) is 0 Å².